The molecule has 21 nitrogen and oxygen atoms in total. The van der Waals surface area contributed by atoms with Crippen LogP contribution in [0.5, 0.6) is 0 Å². The number of aliphatic hydroxyl groups is 13. The highest BCUT2D eigenvalue weighted by Crippen LogP contribution is 2.33. The molecule has 0 aromatic rings. The number of aliphatic hydroxyl groups excluding tert-OH is 13. The van der Waals surface area contributed by atoms with E-state index >= 15 is 0 Å². The van der Waals surface area contributed by atoms with E-state index in [-0.39, 0.29) is 0 Å². The van der Waals surface area contributed by atoms with E-state index in [0.717, 1.165) is 0 Å². The van der Waals surface area contributed by atoms with Crippen molar-refractivity contribution in [2.24, 2.45) is 5.73 Å². The third-order valence-corrected chi connectivity index (χ3v) is 8.28. The molecular weight excluding hydrogens is 622 g/mol. The van der Waals surface area contributed by atoms with Crippen LogP contribution in [-0.2, 0) is 33.2 Å². The molecule has 0 saturated carbocycles. The van der Waals surface area contributed by atoms with Crippen molar-refractivity contribution in [3.05, 3.63) is 0 Å². The molecule has 0 spiro atoms. The summed E-state index contributed by atoms with van der Waals surface area (Å²) >= 11 is 0. The highest BCUT2D eigenvalue weighted by atomic mass is 16.8. The van der Waals surface area contributed by atoms with Gasteiger partial charge in [-0.15, -0.1) is 0 Å². The largest absolute Gasteiger partial charge is 0.394 e. The van der Waals surface area contributed by atoms with Crippen LogP contribution in [0.3, 0.4) is 0 Å². The first kappa shape index (κ1) is 37.0. The minimum atomic E-state index is -1.96. The van der Waals surface area contributed by atoms with Gasteiger partial charge in [0, 0.05) is 0 Å². The fourth-order valence-corrected chi connectivity index (χ4v) is 5.58. The zero-order valence-corrected chi connectivity index (χ0v) is 23.6. The van der Waals surface area contributed by atoms with Gasteiger partial charge in [-0.05, 0) is 0 Å². The van der Waals surface area contributed by atoms with Crippen molar-refractivity contribution in [2.45, 2.75) is 123 Å². The van der Waals surface area contributed by atoms with Gasteiger partial charge in [0.2, 0.25) is 0 Å². The van der Waals surface area contributed by atoms with Gasteiger partial charge in [0.1, 0.15) is 91.6 Å². The Morgan fingerprint density at radius 3 is 1.40 bits per heavy atom. The van der Waals surface area contributed by atoms with E-state index < -0.39 is 149 Å². The van der Waals surface area contributed by atoms with Crippen LogP contribution >= 0.6 is 0 Å². The molecule has 0 aliphatic carbocycles. The van der Waals surface area contributed by atoms with Crippen molar-refractivity contribution in [2.75, 3.05) is 26.4 Å². The molecule has 0 bridgehead atoms. The van der Waals surface area contributed by atoms with Gasteiger partial charge < -0.3 is 105 Å². The Labute approximate surface area is 255 Å². The molecular formula is C24H43NO20. The Balaban J connectivity index is 1.48. The first-order chi connectivity index (χ1) is 21.3. The van der Waals surface area contributed by atoms with E-state index in [0.29, 0.717) is 0 Å². The van der Waals surface area contributed by atoms with Crippen molar-refractivity contribution in [3.63, 3.8) is 0 Å². The predicted molar refractivity (Wildman–Crippen MR) is 136 cm³/mol. The molecule has 21 heteroatoms. The molecule has 0 aromatic carbocycles. The zero-order chi connectivity index (χ0) is 33.3. The second-order valence-electron chi connectivity index (χ2n) is 11.2. The maximum atomic E-state index is 11.0. The van der Waals surface area contributed by atoms with Gasteiger partial charge >= 0.3 is 0 Å². The molecule has 0 aromatic heterocycles. The van der Waals surface area contributed by atoms with Gasteiger partial charge in [-0.1, -0.05) is 0 Å². The second-order valence-corrected chi connectivity index (χ2v) is 11.2. The lowest BCUT2D eigenvalue weighted by atomic mass is 9.95. The van der Waals surface area contributed by atoms with Crippen LogP contribution in [0.1, 0.15) is 0 Å². The molecule has 4 fully saturated rings. The Bertz CT molecular complexity index is 918. The lowest BCUT2D eigenvalue weighted by molar-refractivity contribution is -0.379. The molecule has 0 amide bonds. The molecule has 4 aliphatic rings. The lowest BCUT2D eigenvalue weighted by Crippen LogP contribution is -2.69. The van der Waals surface area contributed by atoms with Gasteiger partial charge in [0.25, 0.3) is 0 Å². The van der Waals surface area contributed by atoms with Crippen molar-refractivity contribution in [1.82, 2.24) is 0 Å². The van der Waals surface area contributed by atoms with Crippen LogP contribution in [0.25, 0.3) is 0 Å². The van der Waals surface area contributed by atoms with Crippen LogP contribution in [-0.4, -0.2) is 216 Å². The summed E-state index contributed by atoms with van der Waals surface area (Å²) in [7, 11) is 0. The summed E-state index contributed by atoms with van der Waals surface area (Å²) in [4.78, 5) is 0. The molecule has 4 saturated heterocycles. The van der Waals surface area contributed by atoms with E-state index in [1.54, 1.807) is 0 Å². The second kappa shape index (κ2) is 15.6. The first-order valence-corrected chi connectivity index (χ1v) is 14.2. The average Bonchev–Trinajstić information content (AvgIpc) is 3.03. The van der Waals surface area contributed by atoms with E-state index in [2.05, 4.69) is 0 Å². The molecule has 15 N–H and O–H groups in total. The fraction of sp³-hybridized carbons (Fsp3) is 1.00. The van der Waals surface area contributed by atoms with Crippen LogP contribution < -0.4 is 5.73 Å². The summed E-state index contributed by atoms with van der Waals surface area (Å²) in [6, 6.07) is -1.55. The number of ether oxygens (including phenoxy) is 7. The lowest BCUT2D eigenvalue weighted by Gasteiger charge is -2.49. The minimum absolute atomic E-state index is 0.765. The first-order valence-electron chi connectivity index (χ1n) is 14.2. The normalized spacial score (nSPS) is 52.9. The van der Waals surface area contributed by atoms with Crippen molar-refractivity contribution < 1.29 is 99.5 Å². The molecule has 4 heterocycles. The van der Waals surface area contributed by atoms with Crippen LogP contribution in [0.2, 0.25) is 0 Å². The Morgan fingerprint density at radius 1 is 0.400 bits per heavy atom. The van der Waals surface area contributed by atoms with Crippen LogP contribution in [0, 0.1) is 0 Å². The Kier molecular flexibility index (Phi) is 12.8. The third-order valence-electron chi connectivity index (χ3n) is 8.28. The van der Waals surface area contributed by atoms with Gasteiger partial charge in [-0.2, -0.15) is 0 Å². The average molecular weight is 666 g/mol. The molecule has 0 radical (unpaired) electrons. The summed E-state index contributed by atoms with van der Waals surface area (Å²) in [5.74, 6) is 0. The Morgan fingerprint density at radius 2 is 0.844 bits per heavy atom. The number of nitrogens with two attached hydrogens (primary N) is 1. The monoisotopic (exact) mass is 665 g/mol. The van der Waals surface area contributed by atoms with Gasteiger partial charge in [0.05, 0.1) is 32.5 Å². The number of rotatable bonds is 10. The zero-order valence-electron chi connectivity index (χ0n) is 23.6. The van der Waals surface area contributed by atoms with Gasteiger partial charge in [-0.3, -0.25) is 0 Å². The summed E-state index contributed by atoms with van der Waals surface area (Å²) < 4.78 is 38.1. The predicted octanol–water partition coefficient (Wildman–Crippen LogP) is -9.78. The topological polar surface area (TPSA) is 354 Å². The summed E-state index contributed by atoms with van der Waals surface area (Å²) in [6.07, 6.45) is -32.4. The summed E-state index contributed by atoms with van der Waals surface area (Å²) in [5, 5.41) is 132. The van der Waals surface area contributed by atoms with Crippen molar-refractivity contribution in [3.8, 4) is 0 Å². The Hall–Kier alpha value is -0.840. The molecule has 8 unspecified atom stereocenters. The van der Waals surface area contributed by atoms with E-state index in [9.17, 15) is 66.4 Å². The van der Waals surface area contributed by atoms with Crippen molar-refractivity contribution >= 4 is 0 Å². The van der Waals surface area contributed by atoms with Crippen LogP contribution in [0.4, 0.5) is 0 Å². The quantitative estimate of drug-likeness (QED) is 0.103. The minimum Gasteiger partial charge on any atom is -0.394 e. The van der Waals surface area contributed by atoms with Gasteiger partial charge in [-0.25, -0.2) is 0 Å². The number of hydrogen-bond donors (Lipinski definition) is 14. The maximum absolute atomic E-state index is 11.0. The standard InChI is InChI=1S/C24H43NO20/c25-9-12(32)18(43-23-16(36)13(33)10(30)5(1-26)40-23)8(4-29)42-22(9)45-20-11(31)6(2-27)41-24(17(20)37)44-19-7(3-28)39-21(38)15(35)14(19)34/h5-24,26-38H,1-4,25H2/t5?,6?,7?,8?,9-,10-,11-,12?,13?,14?,15-,16-,17-,18+,19+,20?,21+,22-,23-,24-/m0/s1. The molecule has 4 rings (SSSR count). The fourth-order valence-electron chi connectivity index (χ4n) is 5.58. The van der Waals surface area contributed by atoms with E-state index in [4.69, 9.17) is 38.9 Å². The van der Waals surface area contributed by atoms with E-state index in [1.165, 1.54) is 0 Å². The smallest absolute Gasteiger partial charge is 0.187 e. The molecule has 20 atom stereocenters. The highest BCUT2D eigenvalue weighted by Gasteiger charge is 2.54. The molecule has 4 aliphatic heterocycles. The molecule has 264 valence electrons. The third kappa shape index (κ3) is 7.44. The molecule has 45 heavy (non-hydrogen) atoms. The summed E-state index contributed by atoms with van der Waals surface area (Å²) in [5.41, 5.74) is 6.12. The maximum Gasteiger partial charge on any atom is 0.187 e. The SMILES string of the molecule is N[C@H]1C(O)[C@H](O[C@@H]2OC(CO)[C@H](O)C(O)[C@@H]2O)C(CO)O[C@H]1OC1[C@@H](O)C(CO)O[C@@H](O[C@@H]2C(CO)O[C@@H](O)[C@@H](O)C2O)[C@H]1O. The van der Waals surface area contributed by atoms with E-state index in [1.807, 2.05) is 0 Å². The summed E-state index contributed by atoms with van der Waals surface area (Å²) in [6.45, 7) is -3.28. The number of hydrogen-bond acceptors (Lipinski definition) is 21. The van der Waals surface area contributed by atoms with Crippen molar-refractivity contribution in [1.29, 1.82) is 0 Å². The van der Waals surface area contributed by atoms with Gasteiger partial charge in [0.15, 0.2) is 25.2 Å². The van der Waals surface area contributed by atoms with Crippen LogP contribution in [0.15, 0.2) is 0 Å². The highest BCUT2D eigenvalue weighted by molar-refractivity contribution is 4.98.